The molecule has 17 heavy (non-hydrogen) atoms. The third-order valence-electron chi connectivity index (χ3n) is 2.42. The van der Waals surface area contributed by atoms with Gasteiger partial charge in [0, 0.05) is 6.54 Å². The summed E-state index contributed by atoms with van der Waals surface area (Å²) in [5, 5.41) is 8.64. The molecule has 0 radical (unpaired) electrons. The van der Waals surface area contributed by atoms with Crippen LogP contribution in [-0.2, 0) is 0 Å². The van der Waals surface area contributed by atoms with Crippen LogP contribution in [0.4, 0.5) is 4.39 Å². The number of carbonyl (C=O) groups is 2. The Kier molecular flexibility index (Phi) is 2.95. The van der Waals surface area contributed by atoms with Gasteiger partial charge in [0.1, 0.15) is 5.83 Å². The van der Waals surface area contributed by atoms with Crippen molar-refractivity contribution in [3.8, 4) is 0 Å². The van der Waals surface area contributed by atoms with E-state index in [0.717, 1.165) is 0 Å². The lowest BCUT2D eigenvalue weighted by Crippen LogP contribution is -2.34. The number of carbonyl (C=O) groups excluding carboxylic acids is 1. The molecular formula is C11H10FNO4. The summed E-state index contributed by atoms with van der Waals surface area (Å²) in [6.07, 6.45) is 1.87. The van der Waals surface area contributed by atoms with Gasteiger partial charge >= 0.3 is 5.97 Å². The predicted octanol–water partition coefficient (Wildman–Crippen LogP) is 1.68. The van der Waals surface area contributed by atoms with Crippen LogP contribution < -0.4 is 0 Å². The summed E-state index contributed by atoms with van der Waals surface area (Å²) in [6.45, 7) is 0.303. The van der Waals surface area contributed by atoms with Crippen LogP contribution in [0.5, 0.6) is 0 Å². The summed E-state index contributed by atoms with van der Waals surface area (Å²) >= 11 is 0. The van der Waals surface area contributed by atoms with Gasteiger partial charge in [-0.2, -0.15) is 0 Å². The molecule has 5 nitrogen and oxygen atoms in total. The Morgan fingerprint density at radius 1 is 1.35 bits per heavy atom. The molecule has 1 N–H and O–H groups in total. The van der Waals surface area contributed by atoms with E-state index in [1.165, 1.54) is 23.1 Å². The van der Waals surface area contributed by atoms with Gasteiger partial charge in [-0.25, -0.2) is 9.18 Å². The van der Waals surface area contributed by atoms with Crippen LogP contribution in [0.1, 0.15) is 27.5 Å². The molecule has 1 aliphatic heterocycles. The smallest absolute Gasteiger partial charge is 0.371 e. The summed E-state index contributed by atoms with van der Waals surface area (Å²) in [7, 11) is 0. The Bertz CT molecular complexity index is 491. The summed E-state index contributed by atoms with van der Waals surface area (Å²) in [6, 6.07) is 2.48. The Balaban J connectivity index is 2.14. The van der Waals surface area contributed by atoms with Crippen LogP contribution >= 0.6 is 0 Å². The van der Waals surface area contributed by atoms with Gasteiger partial charge in [0.25, 0.3) is 5.91 Å². The lowest BCUT2D eigenvalue weighted by Gasteiger charge is -2.23. The third kappa shape index (κ3) is 2.35. The van der Waals surface area contributed by atoms with Gasteiger partial charge < -0.3 is 14.4 Å². The second kappa shape index (κ2) is 4.40. The van der Waals surface area contributed by atoms with Gasteiger partial charge in [-0.05, 0) is 24.6 Å². The maximum Gasteiger partial charge on any atom is 0.371 e. The van der Waals surface area contributed by atoms with Crippen LogP contribution in [0, 0.1) is 0 Å². The average molecular weight is 239 g/mol. The zero-order valence-electron chi connectivity index (χ0n) is 8.85. The predicted molar refractivity (Wildman–Crippen MR) is 55.4 cm³/mol. The standard InChI is InChI=1S/C11H10FNO4/c12-7-2-1-5-13(6-7)10(14)8-3-4-9(17-8)11(15)16/h2-4H,1,5-6H2,(H,15,16). The third-order valence-corrected chi connectivity index (χ3v) is 2.42. The average Bonchev–Trinajstić information content (AvgIpc) is 2.77. The van der Waals surface area contributed by atoms with E-state index in [1.54, 1.807) is 0 Å². The molecule has 0 atom stereocenters. The highest BCUT2D eigenvalue weighted by atomic mass is 19.1. The van der Waals surface area contributed by atoms with E-state index < -0.39 is 11.9 Å². The maximum atomic E-state index is 13.0. The van der Waals surface area contributed by atoms with Gasteiger partial charge in [0.15, 0.2) is 5.76 Å². The molecule has 6 heteroatoms. The number of aromatic carboxylic acids is 1. The molecule has 90 valence electrons. The molecule has 2 heterocycles. The van der Waals surface area contributed by atoms with Gasteiger partial charge in [0.05, 0.1) is 6.54 Å². The molecule has 1 aliphatic rings. The molecule has 2 rings (SSSR count). The fourth-order valence-electron chi connectivity index (χ4n) is 1.60. The number of halogens is 1. The molecule has 1 aromatic rings. The molecule has 1 amide bonds. The summed E-state index contributed by atoms with van der Waals surface area (Å²) < 4.78 is 17.8. The Morgan fingerprint density at radius 2 is 2.06 bits per heavy atom. The molecular weight excluding hydrogens is 229 g/mol. The van der Waals surface area contributed by atoms with Crippen LogP contribution in [0.3, 0.4) is 0 Å². The first-order chi connectivity index (χ1) is 8.08. The van der Waals surface area contributed by atoms with Gasteiger partial charge in [-0.15, -0.1) is 0 Å². The Hall–Kier alpha value is -2.11. The van der Waals surface area contributed by atoms with E-state index in [-0.39, 0.29) is 23.9 Å². The second-order valence-corrected chi connectivity index (χ2v) is 3.64. The van der Waals surface area contributed by atoms with E-state index in [1.807, 2.05) is 0 Å². The SMILES string of the molecule is O=C(O)c1ccc(C(=O)N2CCC=C(F)C2)o1. The minimum atomic E-state index is -1.24. The van der Waals surface area contributed by atoms with E-state index >= 15 is 0 Å². The van der Waals surface area contributed by atoms with Crippen molar-refractivity contribution in [1.29, 1.82) is 0 Å². The molecule has 0 saturated carbocycles. The molecule has 0 unspecified atom stereocenters. The van der Waals surface area contributed by atoms with Crippen molar-refractivity contribution in [2.24, 2.45) is 0 Å². The number of hydrogen-bond acceptors (Lipinski definition) is 3. The van der Waals surface area contributed by atoms with Crippen molar-refractivity contribution >= 4 is 11.9 Å². The number of furan rings is 1. The number of rotatable bonds is 2. The lowest BCUT2D eigenvalue weighted by molar-refractivity contribution is 0.0649. The highest BCUT2D eigenvalue weighted by molar-refractivity contribution is 5.93. The van der Waals surface area contributed by atoms with Crippen LogP contribution in [-0.4, -0.2) is 35.0 Å². The van der Waals surface area contributed by atoms with E-state index in [4.69, 9.17) is 9.52 Å². The molecule has 0 spiro atoms. The van der Waals surface area contributed by atoms with Crippen molar-refractivity contribution in [3.05, 3.63) is 35.6 Å². The number of carboxylic acids is 1. The normalized spacial score (nSPS) is 15.6. The van der Waals surface area contributed by atoms with Gasteiger partial charge in [0.2, 0.25) is 5.76 Å². The number of carboxylic acid groups (broad SMARTS) is 1. The molecule has 0 fully saturated rings. The monoisotopic (exact) mass is 239 g/mol. The zero-order valence-corrected chi connectivity index (χ0v) is 8.85. The summed E-state index contributed by atoms with van der Waals surface area (Å²) in [4.78, 5) is 23.7. The number of nitrogens with zero attached hydrogens (tertiary/aromatic N) is 1. The second-order valence-electron chi connectivity index (χ2n) is 3.64. The van der Waals surface area contributed by atoms with Crippen LogP contribution in [0.2, 0.25) is 0 Å². The molecule has 0 aromatic carbocycles. The van der Waals surface area contributed by atoms with Crippen molar-refractivity contribution in [1.82, 2.24) is 4.90 Å². The van der Waals surface area contributed by atoms with Crippen molar-refractivity contribution in [2.75, 3.05) is 13.1 Å². The molecule has 0 aliphatic carbocycles. The topological polar surface area (TPSA) is 70.8 Å². The van der Waals surface area contributed by atoms with E-state index in [9.17, 15) is 14.0 Å². The Morgan fingerprint density at radius 3 is 2.65 bits per heavy atom. The molecule has 0 bridgehead atoms. The number of amides is 1. The highest BCUT2D eigenvalue weighted by Crippen LogP contribution is 2.16. The van der Waals surface area contributed by atoms with Gasteiger partial charge in [-0.3, -0.25) is 4.79 Å². The quantitative estimate of drug-likeness (QED) is 0.852. The first-order valence-electron chi connectivity index (χ1n) is 5.05. The lowest BCUT2D eigenvalue weighted by atomic mass is 10.2. The van der Waals surface area contributed by atoms with Crippen molar-refractivity contribution in [2.45, 2.75) is 6.42 Å². The summed E-state index contributed by atoms with van der Waals surface area (Å²) in [5.41, 5.74) is 0. The van der Waals surface area contributed by atoms with E-state index in [0.29, 0.717) is 13.0 Å². The minimum absolute atomic E-state index is 0.0860. The first kappa shape index (κ1) is 11.4. The minimum Gasteiger partial charge on any atom is -0.475 e. The fourth-order valence-corrected chi connectivity index (χ4v) is 1.60. The van der Waals surface area contributed by atoms with Crippen LogP contribution in [0.25, 0.3) is 0 Å². The zero-order chi connectivity index (χ0) is 12.4. The Labute approximate surface area is 96.1 Å². The van der Waals surface area contributed by atoms with Crippen molar-refractivity contribution in [3.63, 3.8) is 0 Å². The van der Waals surface area contributed by atoms with E-state index in [2.05, 4.69) is 0 Å². The van der Waals surface area contributed by atoms with Crippen LogP contribution in [0.15, 0.2) is 28.5 Å². The van der Waals surface area contributed by atoms with Gasteiger partial charge in [-0.1, -0.05) is 0 Å². The highest BCUT2D eigenvalue weighted by Gasteiger charge is 2.23. The molecule has 1 aromatic heterocycles. The summed E-state index contributed by atoms with van der Waals surface area (Å²) in [5.74, 6) is -2.50. The molecule has 0 saturated heterocycles. The van der Waals surface area contributed by atoms with Crippen molar-refractivity contribution < 1.29 is 23.5 Å². The number of hydrogen-bond donors (Lipinski definition) is 1. The maximum absolute atomic E-state index is 13.0. The first-order valence-corrected chi connectivity index (χ1v) is 5.05. The largest absolute Gasteiger partial charge is 0.475 e. The fraction of sp³-hybridized carbons (Fsp3) is 0.273.